The Kier molecular flexibility index (Phi) is 3.03. The molecule has 3 nitrogen and oxygen atoms in total. The highest BCUT2D eigenvalue weighted by molar-refractivity contribution is 7.89. The first-order chi connectivity index (χ1) is 6.68. The van der Waals surface area contributed by atoms with Crippen LogP contribution in [0.4, 0.5) is 13.2 Å². The first-order valence-corrected chi connectivity index (χ1v) is 5.94. The van der Waals surface area contributed by atoms with Crippen LogP contribution in [0.5, 0.6) is 0 Å². The molecule has 0 radical (unpaired) electrons. The molecule has 0 aliphatic rings. The number of aromatic nitrogens is 1. The second-order valence-electron chi connectivity index (χ2n) is 3.12. The van der Waals surface area contributed by atoms with Gasteiger partial charge in [0.05, 0.1) is 5.75 Å². The minimum atomic E-state index is -4.50. The van der Waals surface area contributed by atoms with Gasteiger partial charge in [-0.3, -0.25) is 4.98 Å². The smallest absolute Gasteiger partial charge is 0.251 e. The molecule has 0 amide bonds. The van der Waals surface area contributed by atoms with Gasteiger partial charge in [-0.05, 0) is 11.6 Å². The van der Waals surface area contributed by atoms with Crippen molar-refractivity contribution in [3.63, 3.8) is 0 Å². The van der Waals surface area contributed by atoms with Gasteiger partial charge in [-0.25, -0.2) is 8.42 Å². The fourth-order valence-corrected chi connectivity index (χ4v) is 1.76. The largest absolute Gasteiger partial charge is 0.433 e. The molecule has 1 aromatic heterocycles. The Morgan fingerprint density at radius 2 is 1.93 bits per heavy atom. The first-order valence-electron chi connectivity index (χ1n) is 3.88. The van der Waals surface area contributed by atoms with Gasteiger partial charge in [0.25, 0.3) is 0 Å². The average Bonchev–Trinajstić information content (AvgIpc) is 2.00. The van der Waals surface area contributed by atoms with E-state index in [2.05, 4.69) is 4.98 Å². The van der Waals surface area contributed by atoms with Crippen molar-refractivity contribution in [3.05, 3.63) is 29.6 Å². The Balaban J connectivity index is 2.91. The number of rotatable bonds is 2. The molecule has 0 unspecified atom stereocenters. The van der Waals surface area contributed by atoms with Gasteiger partial charge < -0.3 is 0 Å². The third kappa shape index (κ3) is 3.86. The van der Waals surface area contributed by atoms with Crippen LogP contribution < -0.4 is 0 Å². The zero-order valence-corrected chi connectivity index (χ0v) is 8.56. The van der Waals surface area contributed by atoms with Crippen LogP contribution in [0.1, 0.15) is 11.3 Å². The molecule has 84 valence electrons. The van der Waals surface area contributed by atoms with Gasteiger partial charge in [0.1, 0.15) is 5.69 Å². The molecule has 0 aliphatic carbocycles. The molecule has 0 spiro atoms. The van der Waals surface area contributed by atoms with Crippen molar-refractivity contribution in [2.45, 2.75) is 11.9 Å². The van der Waals surface area contributed by atoms with Crippen molar-refractivity contribution in [2.75, 3.05) is 6.26 Å². The summed E-state index contributed by atoms with van der Waals surface area (Å²) in [5.41, 5.74) is -0.787. The van der Waals surface area contributed by atoms with Crippen LogP contribution in [0, 0.1) is 0 Å². The van der Waals surface area contributed by atoms with Crippen molar-refractivity contribution in [1.29, 1.82) is 0 Å². The minimum Gasteiger partial charge on any atom is -0.251 e. The van der Waals surface area contributed by atoms with Gasteiger partial charge in [-0.15, -0.1) is 0 Å². The van der Waals surface area contributed by atoms with Crippen LogP contribution in [0.25, 0.3) is 0 Å². The van der Waals surface area contributed by atoms with Gasteiger partial charge in [0.2, 0.25) is 0 Å². The second kappa shape index (κ2) is 3.80. The fraction of sp³-hybridized carbons (Fsp3) is 0.375. The molecular formula is C8H8F3NO2S. The van der Waals surface area contributed by atoms with Crippen molar-refractivity contribution in [2.24, 2.45) is 0 Å². The van der Waals surface area contributed by atoms with Crippen molar-refractivity contribution >= 4 is 9.84 Å². The number of hydrogen-bond donors (Lipinski definition) is 0. The Bertz CT molecular complexity index is 436. The van der Waals surface area contributed by atoms with E-state index in [-0.39, 0.29) is 11.3 Å². The van der Waals surface area contributed by atoms with Crippen LogP contribution in [-0.2, 0) is 21.8 Å². The third-order valence-electron chi connectivity index (χ3n) is 1.54. The van der Waals surface area contributed by atoms with Gasteiger partial charge in [0.15, 0.2) is 9.84 Å². The molecular weight excluding hydrogens is 231 g/mol. The lowest BCUT2D eigenvalue weighted by Gasteiger charge is -2.05. The van der Waals surface area contributed by atoms with E-state index in [0.717, 1.165) is 24.6 Å². The lowest BCUT2D eigenvalue weighted by molar-refractivity contribution is -0.141. The predicted molar refractivity (Wildman–Crippen MR) is 47.8 cm³/mol. The quantitative estimate of drug-likeness (QED) is 0.788. The maximum Gasteiger partial charge on any atom is 0.433 e. The molecule has 0 saturated heterocycles. The number of alkyl halides is 3. The molecule has 0 atom stereocenters. The number of pyridine rings is 1. The third-order valence-corrected chi connectivity index (χ3v) is 2.40. The van der Waals surface area contributed by atoms with Gasteiger partial charge in [0, 0.05) is 12.5 Å². The summed E-state index contributed by atoms with van der Waals surface area (Å²) in [5.74, 6) is -0.307. The summed E-state index contributed by atoms with van der Waals surface area (Å²) in [5, 5.41) is 0. The summed E-state index contributed by atoms with van der Waals surface area (Å²) >= 11 is 0. The molecule has 0 saturated carbocycles. The summed E-state index contributed by atoms with van der Waals surface area (Å²) in [6.45, 7) is 0. The zero-order chi connectivity index (χ0) is 11.7. The highest BCUT2D eigenvalue weighted by Gasteiger charge is 2.32. The summed E-state index contributed by atoms with van der Waals surface area (Å²) in [4.78, 5) is 3.14. The lowest BCUT2D eigenvalue weighted by atomic mass is 10.3. The molecule has 0 bridgehead atoms. The van der Waals surface area contributed by atoms with Crippen LogP contribution in [0.15, 0.2) is 18.3 Å². The molecule has 1 aromatic rings. The normalized spacial score (nSPS) is 12.8. The topological polar surface area (TPSA) is 47.0 Å². The maximum atomic E-state index is 12.1. The van der Waals surface area contributed by atoms with Crippen LogP contribution in [-0.4, -0.2) is 19.7 Å². The molecule has 15 heavy (non-hydrogen) atoms. The number of sulfone groups is 1. The number of hydrogen-bond acceptors (Lipinski definition) is 3. The zero-order valence-electron chi connectivity index (χ0n) is 7.75. The molecule has 0 aromatic carbocycles. The van der Waals surface area contributed by atoms with Crippen LogP contribution in [0.2, 0.25) is 0 Å². The first kappa shape index (κ1) is 12.0. The fourth-order valence-electron chi connectivity index (χ4n) is 0.980. The van der Waals surface area contributed by atoms with E-state index >= 15 is 0 Å². The SMILES string of the molecule is CS(=O)(=O)Cc1ccc(C(F)(F)F)nc1. The second-order valence-corrected chi connectivity index (χ2v) is 5.26. The van der Waals surface area contributed by atoms with Crippen molar-refractivity contribution in [1.82, 2.24) is 4.98 Å². The Labute approximate surface area is 84.9 Å². The summed E-state index contributed by atoms with van der Waals surface area (Å²) in [6.07, 6.45) is -2.57. The van der Waals surface area contributed by atoms with E-state index < -0.39 is 21.7 Å². The van der Waals surface area contributed by atoms with Crippen LogP contribution >= 0.6 is 0 Å². The van der Waals surface area contributed by atoms with E-state index in [9.17, 15) is 21.6 Å². The number of nitrogens with zero attached hydrogens (tertiary/aromatic N) is 1. The van der Waals surface area contributed by atoms with Gasteiger partial charge in [-0.1, -0.05) is 6.07 Å². The maximum absolute atomic E-state index is 12.1. The molecule has 7 heteroatoms. The average molecular weight is 239 g/mol. The summed E-state index contributed by atoms with van der Waals surface area (Å²) < 4.78 is 57.9. The Hall–Kier alpha value is -1.11. The van der Waals surface area contributed by atoms with E-state index in [1.165, 1.54) is 0 Å². The van der Waals surface area contributed by atoms with Gasteiger partial charge in [-0.2, -0.15) is 13.2 Å². The molecule has 1 heterocycles. The highest BCUT2D eigenvalue weighted by atomic mass is 32.2. The summed E-state index contributed by atoms with van der Waals surface area (Å²) in [7, 11) is -3.25. The van der Waals surface area contributed by atoms with E-state index in [0.29, 0.717) is 0 Å². The number of halogens is 3. The molecule has 0 fully saturated rings. The standard InChI is InChI=1S/C8H8F3NO2S/c1-15(13,14)5-6-2-3-7(12-4-6)8(9,10)11/h2-4H,5H2,1H3. The minimum absolute atomic E-state index is 0.241. The van der Waals surface area contributed by atoms with Crippen LogP contribution in [0.3, 0.4) is 0 Å². The van der Waals surface area contributed by atoms with Crippen molar-refractivity contribution < 1.29 is 21.6 Å². The Morgan fingerprint density at radius 3 is 2.27 bits per heavy atom. The molecule has 0 aliphatic heterocycles. The monoisotopic (exact) mass is 239 g/mol. The van der Waals surface area contributed by atoms with Crippen molar-refractivity contribution in [3.8, 4) is 0 Å². The lowest BCUT2D eigenvalue weighted by Crippen LogP contribution is -2.08. The van der Waals surface area contributed by atoms with Gasteiger partial charge >= 0.3 is 6.18 Å². The van der Waals surface area contributed by atoms with E-state index in [1.54, 1.807) is 0 Å². The van der Waals surface area contributed by atoms with E-state index in [4.69, 9.17) is 0 Å². The van der Waals surface area contributed by atoms with E-state index in [1.807, 2.05) is 0 Å². The summed E-state index contributed by atoms with van der Waals surface area (Å²) in [6, 6.07) is 1.87. The predicted octanol–water partition coefficient (Wildman–Crippen LogP) is 1.65. The Morgan fingerprint density at radius 1 is 1.33 bits per heavy atom. The molecule has 1 rings (SSSR count). The molecule has 0 N–H and O–H groups in total. The highest BCUT2D eigenvalue weighted by Crippen LogP contribution is 2.27.